The summed E-state index contributed by atoms with van der Waals surface area (Å²) in [5.41, 5.74) is 8.00. The van der Waals surface area contributed by atoms with Crippen LogP contribution in [0.15, 0.2) is 22.7 Å². The van der Waals surface area contributed by atoms with Crippen molar-refractivity contribution in [3.63, 3.8) is 0 Å². The molecule has 0 unspecified atom stereocenters. The van der Waals surface area contributed by atoms with Crippen molar-refractivity contribution in [2.45, 2.75) is 34.2 Å². The minimum atomic E-state index is 0.688. The second-order valence-electron chi connectivity index (χ2n) is 5.87. The highest BCUT2D eigenvalue weighted by Crippen LogP contribution is 2.19. The molecule has 0 saturated heterocycles. The van der Waals surface area contributed by atoms with Crippen molar-refractivity contribution >= 4 is 21.6 Å². The summed E-state index contributed by atoms with van der Waals surface area (Å²) in [6.45, 7) is 12.3. The first kappa shape index (κ1) is 15.5. The second kappa shape index (κ2) is 7.15. The van der Waals surface area contributed by atoms with Crippen LogP contribution in [0.25, 0.3) is 0 Å². The van der Waals surface area contributed by atoms with Crippen molar-refractivity contribution in [3.8, 4) is 0 Å². The SMILES string of the molecule is CC(C)CN(Cc1cc(N)cc(Br)c1)CC(C)C. The van der Waals surface area contributed by atoms with E-state index in [4.69, 9.17) is 5.73 Å². The van der Waals surface area contributed by atoms with Crippen molar-refractivity contribution in [1.82, 2.24) is 4.90 Å². The van der Waals surface area contributed by atoms with E-state index < -0.39 is 0 Å². The Balaban J connectivity index is 2.74. The average molecular weight is 313 g/mol. The van der Waals surface area contributed by atoms with E-state index in [2.05, 4.69) is 60.7 Å². The summed E-state index contributed by atoms with van der Waals surface area (Å²) in [4.78, 5) is 2.51. The maximum atomic E-state index is 5.89. The molecule has 1 aromatic carbocycles. The van der Waals surface area contributed by atoms with Gasteiger partial charge in [-0.05, 0) is 35.6 Å². The number of hydrogen-bond donors (Lipinski definition) is 1. The Morgan fingerprint density at radius 2 is 1.61 bits per heavy atom. The molecule has 1 rings (SSSR count). The van der Waals surface area contributed by atoms with Gasteiger partial charge >= 0.3 is 0 Å². The maximum Gasteiger partial charge on any atom is 0.0328 e. The summed E-state index contributed by atoms with van der Waals surface area (Å²) in [5, 5.41) is 0. The van der Waals surface area contributed by atoms with Gasteiger partial charge in [0.15, 0.2) is 0 Å². The molecule has 0 aliphatic rings. The number of anilines is 1. The lowest BCUT2D eigenvalue weighted by atomic mass is 10.1. The molecule has 0 atom stereocenters. The van der Waals surface area contributed by atoms with Gasteiger partial charge in [0, 0.05) is 29.8 Å². The van der Waals surface area contributed by atoms with Crippen LogP contribution in [0, 0.1) is 11.8 Å². The number of nitrogens with zero attached hydrogens (tertiary/aromatic N) is 1. The number of halogens is 1. The van der Waals surface area contributed by atoms with Crippen molar-refractivity contribution in [2.24, 2.45) is 11.8 Å². The number of nitrogens with two attached hydrogens (primary N) is 1. The summed E-state index contributed by atoms with van der Waals surface area (Å²) in [6, 6.07) is 6.17. The number of benzene rings is 1. The zero-order chi connectivity index (χ0) is 13.7. The Bertz CT molecular complexity index is 345. The Hall–Kier alpha value is -0.540. The molecule has 0 radical (unpaired) electrons. The predicted octanol–water partition coefficient (Wildman–Crippen LogP) is 4.15. The monoisotopic (exact) mass is 312 g/mol. The second-order valence-corrected chi connectivity index (χ2v) is 6.79. The quantitative estimate of drug-likeness (QED) is 0.800. The van der Waals surface area contributed by atoms with E-state index in [0.29, 0.717) is 11.8 Å². The normalized spacial score (nSPS) is 11.8. The molecule has 2 nitrogen and oxygen atoms in total. The highest BCUT2D eigenvalue weighted by atomic mass is 79.9. The van der Waals surface area contributed by atoms with Gasteiger partial charge in [0.1, 0.15) is 0 Å². The molecule has 2 N–H and O–H groups in total. The van der Waals surface area contributed by atoms with Gasteiger partial charge in [-0.2, -0.15) is 0 Å². The third-order valence-corrected chi connectivity index (χ3v) is 3.09. The van der Waals surface area contributed by atoms with E-state index in [-0.39, 0.29) is 0 Å². The molecule has 0 aliphatic heterocycles. The van der Waals surface area contributed by atoms with Gasteiger partial charge < -0.3 is 5.73 Å². The molecule has 0 spiro atoms. The highest BCUT2D eigenvalue weighted by Gasteiger charge is 2.10. The lowest BCUT2D eigenvalue weighted by molar-refractivity contribution is 0.211. The third kappa shape index (κ3) is 5.87. The predicted molar refractivity (Wildman–Crippen MR) is 83.5 cm³/mol. The molecule has 3 heteroatoms. The maximum absolute atomic E-state index is 5.89. The molecule has 0 saturated carbocycles. The van der Waals surface area contributed by atoms with Crippen LogP contribution in [0.3, 0.4) is 0 Å². The number of rotatable bonds is 6. The van der Waals surface area contributed by atoms with Gasteiger partial charge in [0.25, 0.3) is 0 Å². The van der Waals surface area contributed by atoms with E-state index in [0.717, 1.165) is 29.8 Å². The Labute approximate surface area is 120 Å². The van der Waals surface area contributed by atoms with Gasteiger partial charge in [-0.1, -0.05) is 43.6 Å². The van der Waals surface area contributed by atoms with Crippen molar-refractivity contribution in [1.29, 1.82) is 0 Å². The lowest BCUT2D eigenvalue weighted by Gasteiger charge is -2.26. The number of nitrogen functional groups attached to an aromatic ring is 1. The summed E-state index contributed by atoms with van der Waals surface area (Å²) in [5.74, 6) is 1.38. The van der Waals surface area contributed by atoms with Crippen LogP contribution in [0.2, 0.25) is 0 Å². The minimum Gasteiger partial charge on any atom is -0.399 e. The molecular formula is C15H25BrN2. The van der Waals surface area contributed by atoms with Crippen molar-refractivity contribution in [2.75, 3.05) is 18.8 Å². The Morgan fingerprint density at radius 1 is 1.06 bits per heavy atom. The van der Waals surface area contributed by atoms with Gasteiger partial charge in [-0.25, -0.2) is 0 Å². The van der Waals surface area contributed by atoms with Crippen LogP contribution in [0.1, 0.15) is 33.3 Å². The molecule has 0 bridgehead atoms. The van der Waals surface area contributed by atoms with E-state index >= 15 is 0 Å². The zero-order valence-corrected chi connectivity index (χ0v) is 13.5. The van der Waals surface area contributed by atoms with Gasteiger partial charge in [-0.3, -0.25) is 4.90 Å². The first-order valence-electron chi connectivity index (χ1n) is 6.64. The van der Waals surface area contributed by atoms with E-state index in [9.17, 15) is 0 Å². The first-order valence-corrected chi connectivity index (χ1v) is 7.43. The zero-order valence-electron chi connectivity index (χ0n) is 11.9. The summed E-state index contributed by atoms with van der Waals surface area (Å²) in [6.07, 6.45) is 0. The average Bonchev–Trinajstić information content (AvgIpc) is 2.12. The van der Waals surface area contributed by atoms with E-state index in [1.165, 1.54) is 5.56 Å². The standard InChI is InChI=1S/C15H25BrN2/c1-11(2)8-18(9-12(3)4)10-13-5-14(16)7-15(17)6-13/h5-7,11-12H,8-10,17H2,1-4H3. The van der Waals surface area contributed by atoms with Crippen molar-refractivity contribution < 1.29 is 0 Å². The summed E-state index contributed by atoms with van der Waals surface area (Å²) >= 11 is 3.51. The van der Waals surface area contributed by atoms with Crippen LogP contribution in [-0.4, -0.2) is 18.0 Å². The fourth-order valence-corrected chi connectivity index (χ4v) is 2.82. The summed E-state index contributed by atoms with van der Waals surface area (Å²) < 4.78 is 1.06. The highest BCUT2D eigenvalue weighted by molar-refractivity contribution is 9.10. The fraction of sp³-hybridized carbons (Fsp3) is 0.600. The molecule has 0 aliphatic carbocycles. The molecule has 0 aromatic heterocycles. The first-order chi connectivity index (χ1) is 8.36. The van der Waals surface area contributed by atoms with Gasteiger partial charge in [-0.15, -0.1) is 0 Å². The Kier molecular flexibility index (Phi) is 6.16. The largest absolute Gasteiger partial charge is 0.399 e. The van der Waals surface area contributed by atoms with Gasteiger partial charge in [0.05, 0.1) is 0 Å². The molecule has 1 aromatic rings. The molecule has 18 heavy (non-hydrogen) atoms. The molecule has 102 valence electrons. The molecular weight excluding hydrogens is 288 g/mol. The van der Waals surface area contributed by atoms with Crippen LogP contribution < -0.4 is 5.73 Å². The topological polar surface area (TPSA) is 29.3 Å². The lowest BCUT2D eigenvalue weighted by Crippen LogP contribution is -2.30. The van der Waals surface area contributed by atoms with Crippen molar-refractivity contribution in [3.05, 3.63) is 28.2 Å². The Morgan fingerprint density at radius 3 is 2.06 bits per heavy atom. The van der Waals surface area contributed by atoms with Crippen LogP contribution in [0.4, 0.5) is 5.69 Å². The fourth-order valence-electron chi connectivity index (χ4n) is 2.26. The van der Waals surface area contributed by atoms with Crippen LogP contribution in [-0.2, 0) is 6.54 Å². The third-order valence-electron chi connectivity index (χ3n) is 2.63. The number of hydrogen-bond acceptors (Lipinski definition) is 2. The molecule has 0 amide bonds. The minimum absolute atomic E-state index is 0.688. The van der Waals surface area contributed by atoms with E-state index in [1.807, 2.05) is 6.07 Å². The molecule has 0 heterocycles. The van der Waals surface area contributed by atoms with Gasteiger partial charge in [0.2, 0.25) is 0 Å². The van der Waals surface area contributed by atoms with E-state index in [1.54, 1.807) is 0 Å². The molecule has 0 fully saturated rings. The van der Waals surface area contributed by atoms with Crippen LogP contribution in [0.5, 0.6) is 0 Å². The van der Waals surface area contributed by atoms with Crippen LogP contribution >= 0.6 is 15.9 Å². The smallest absolute Gasteiger partial charge is 0.0328 e. The summed E-state index contributed by atoms with van der Waals surface area (Å²) in [7, 11) is 0.